The molecule has 3 aromatic rings. The van der Waals surface area contributed by atoms with Gasteiger partial charge >= 0.3 is 0 Å². The molecule has 2 N–H and O–H groups in total. The maximum absolute atomic E-state index is 12.5. The van der Waals surface area contributed by atoms with E-state index in [9.17, 15) is 4.79 Å². The summed E-state index contributed by atoms with van der Waals surface area (Å²) in [5, 5.41) is 3.97. The molecule has 116 valence electrons. The maximum atomic E-state index is 12.5. The van der Waals surface area contributed by atoms with E-state index in [0.29, 0.717) is 5.69 Å². The van der Waals surface area contributed by atoms with Gasteiger partial charge in [-0.3, -0.25) is 4.79 Å². The summed E-state index contributed by atoms with van der Waals surface area (Å²) < 4.78 is 5.21. The van der Waals surface area contributed by atoms with Gasteiger partial charge in [-0.25, -0.2) is 0 Å². The van der Waals surface area contributed by atoms with Gasteiger partial charge in [-0.2, -0.15) is 0 Å². The quantitative estimate of drug-likeness (QED) is 0.770. The molecule has 4 rings (SSSR count). The summed E-state index contributed by atoms with van der Waals surface area (Å²) in [4.78, 5) is 15.6. The molecule has 1 heterocycles. The minimum absolute atomic E-state index is 0.127. The number of hydrogen-bond donors (Lipinski definition) is 2. The van der Waals surface area contributed by atoms with Crippen molar-refractivity contribution in [2.45, 2.75) is 19.3 Å². The molecule has 0 bridgehead atoms. The summed E-state index contributed by atoms with van der Waals surface area (Å²) in [7, 11) is 1.63. The highest BCUT2D eigenvalue weighted by molar-refractivity contribution is 6.06. The van der Waals surface area contributed by atoms with Crippen molar-refractivity contribution in [2.24, 2.45) is 0 Å². The number of benzene rings is 2. The van der Waals surface area contributed by atoms with Gasteiger partial charge in [0.2, 0.25) is 0 Å². The van der Waals surface area contributed by atoms with Crippen molar-refractivity contribution >= 4 is 22.5 Å². The second-order valence-electron chi connectivity index (χ2n) is 5.93. The Labute approximate surface area is 134 Å². The molecule has 0 unspecified atom stereocenters. The fourth-order valence-electron chi connectivity index (χ4n) is 3.20. The van der Waals surface area contributed by atoms with Gasteiger partial charge in [0, 0.05) is 22.7 Å². The van der Waals surface area contributed by atoms with Crippen LogP contribution in [-0.2, 0) is 12.8 Å². The second kappa shape index (κ2) is 5.47. The number of anilines is 1. The fourth-order valence-corrected chi connectivity index (χ4v) is 3.20. The van der Waals surface area contributed by atoms with Crippen LogP contribution in [0.3, 0.4) is 0 Å². The lowest BCUT2D eigenvalue weighted by Gasteiger charge is -2.06. The highest BCUT2D eigenvalue weighted by atomic mass is 16.5. The van der Waals surface area contributed by atoms with E-state index in [0.717, 1.165) is 35.2 Å². The minimum Gasteiger partial charge on any atom is -0.497 e. The van der Waals surface area contributed by atoms with Crippen molar-refractivity contribution in [3.63, 3.8) is 0 Å². The molecule has 0 fully saturated rings. The molecular weight excluding hydrogens is 288 g/mol. The predicted octanol–water partition coefficient (Wildman–Crippen LogP) is 3.92. The molecule has 1 aliphatic rings. The van der Waals surface area contributed by atoms with Crippen molar-refractivity contribution in [1.82, 2.24) is 4.98 Å². The van der Waals surface area contributed by atoms with Gasteiger partial charge in [-0.15, -0.1) is 0 Å². The molecule has 1 aromatic heterocycles. The molecule has 1 amide bonds. The van der Waals surface area contributed by atoms with Gasteiger partial charge in [-0.05, 0) is 60.7 Å². The van der Waals surface area contributed by atoms with Crippen LogP contribution in [0.4, 0.5) is 5.69 Å². The van der Waals surface area contributed by atoms with Crippen molar-refractivity contribution < 1.29 is 9.53 Å². The van der Waals surface area contributed by atoms with Crippen LogP contribution >= 0.6 is 0 Å². The number of methoxy groups -OCH3 is 1. The van der Waals surface area contributed by atoms with E-state index in [1.807, 2.05) is 30.3 Å². The monoisotopic (exact) mass is 306 g/mol. The highest BCUT2D eigenvalue weighted by Crippen LogP contribution is 2.26. The number of carbonyl (C=O) groups excluding carboxylic acids is 1. The number of amides is 1. The molecule has 23 heavy (non-hydrogen) atoms. The van der Waals surface area contributed by atoms with Crippen LogP contribution in [0.1, 0.15) is 28.0 Å². The Morgan fingerprint density at radius 2 is 1.96 bits per heavy atom. The molecule has 4 nitrogen and oxygen atoms in total. The number of ether oxygens (including phenoxy) is 1. The number of nitrogens with one attached hydrogen (secondary N) is 2. The summed E-state index contributed by atoms with van der Waals surface area (Å²) in [6, 6.07) is 13.8. The Morgan fingerprint density at radius 1 is 1.09 bits per heavy atom. The van der Waals surface area contributed by atoms with Crippen molar-refractivity contribution in [2.75, 3.05) is 12.4 Å². The van der Waals surface area contributed by atoms with Gasteiger partial charge in [0.25, 0.3) is 5.91 Å². The number of H-pyrrole nitrogens is 1. The average molecular weight is 306 g/mol. The summed E-state index contributed by atoms with van der Waals surface area (Å²) in [5.74, 6) is 0.642. The summed E-state index contributed by atoms with van der Waals surface area (Å²) >= 11 is 0. The van der Waals surface area contributed by atoms with Crippen LogP contribution in [0.15, 0.2) is 42.5 Å². The SMILES string of the molecule is COc1ccc2cc(C(=O)Nc3ccc4c(c3)CCC4)[nH]c2c1. The Bertz CT molecular complexity index is 896. The molecule has 0 radical (unpaired) electrons. The lowest BCUT2D eigenvalue weighted by atomic mass is 10.1. The summed E-state index contributed by atoms with van der Waals surface area (Å²) in [5.41, 5.74) is 5.05. The third kappa shape index (κ3) is 2.57. The highest BCUT2D eigenvalue weighted by Gasteiger charge is 2.14. The van der Waals surface area contributed by atoms with Gasteiger partial charge in [0.15, 0.2) is 0 Å². The third-order valence-corrected chi connectivity index (χ3v) is 4.43. The summed E-state index contributed by atoms with van der Waals surface area (Å²) in [6.07, 6.45) is 3.45. The number of carbonyl (C=O) groups is 1. The number of aryl methyl sites for hydroxylation is 2. The smallest absolute Gasteiger partial charge is 0.272 e. The lowest BCUT2D eigenvalue weighted by Crippen LogP contribution is -2.12. The predicted molar refractivity (Wildman–Crippen MR) is 91.3 cm³/mol. The number of hydrogen-bond acceptors (Lipinski definition) is 2. The van der Waals surface area contributed by atoms with E-state index in [4.69, 9.17) is 4.74 Å². The molecule has 2 aromatic carbocycles. The molecule has 0 atom stereocenters. The van der Waals surface area contributed by atoms with Crippen LogP contribution in [0.5, 0.6) is 5.75 Å². The maximum Gasteiger partial charge on any atom is 0.272 e. The second-order valence-corrected chi connectivity index (χ2v) is 5.93. The third-order valence-electron chi connectivity index (χ3n) is 4.43. The lowest BCUT2D eigenvalue weighted by molar-refractivity contribution is 0.102. The van der Waals surface area contributed by atoms with Crippen molar-refractivity contribution in [1.29, 1.82) is 0 Å². The Balaban J connectivity index is 1.59. The van der Waals surface area contributed by atoms with Crippen LogP contribution in [0.2, 0.25) is 0 Å². The first-order chi connectivity index (χ1) is 11.2. The van der Waals surface area contributed by atoms with E-state index in [1.165, 1.54) is 17.5 Å². The standard InChI is InChI=1S/C19H18N2O2/c1-23-16-8-6-14-10-18(21-17(14)11-16)19(22)20-15-7-5-12-3-2-4-13(12)9-15/h5-11,21H,2-4H2,1H3,(H,20,22). The van der Waals surface area contributed by atoms with Crippen LogP contribution in [0, 0.1) is 0 Å². The zero-order valence-electron chi connectivity index (χ0n) is 13.0. The molecule has 4 heteroatoms. The molecule has 0 saturated carbocycles. The Kier molecular flexibility index (Phi) is 3.30. The van der Waals surface area contributed by atoms with Gasteiger partial charge in [0.05, 0.1) is 7.11 Å². The Morgan fingerprint density at radius 3 is 2.83 bits per heavy atom. The molecule has 1 aliphatic carbocycles. The number of aromatic nitrogens is 1. The number of rotatable bonds is 3. The van der Waals surface area contributed by atoms with E-state index in [-0.39, 0.29) is 5.91 Å². The molecule has 0 aliphatic heterocycles. The normalized spacial score (nSPS) is 13.1. The zero-order chi connectivity index (χ0) is 15.8. The Hall–Kier alpha value is -2.75. The van der Waals surface area contributed by atoms with E-state index < -0.39 is 0 Å². The van der Waals surface area contributed by atoms with Crippen LogP contribution in [-0.4, -0.2) is 18.0 Å². The van der Waals surface area contributed by atoms with Crippen molar-refractivity contribution in [3.05, 3.63) is 59.3 Å². The molecule has 0 spiro atoms. The van der Waals surface area contributed by atoms with Crippen molar-refractivity contribution in [3.8, 4) is 5.75 Å². The van der Waals surface area contributed by atoms with E-state index in [1.54, 1.807) is 7.11 Å². The first-order valence-electron chi connectivity index (χ1n) is 7.83. The average Bonchev–Trinajstić information content (AvgIpc) is 3.19. The zero-order valence-corrected chi connectivity index (χ0v) is 13.0. The molecular formula is C19H18N2O2. The minimum atomic E-state index is -0.127. The summed E-state index contributed by atoms with van der Waals surface area (Å²) in [6.45, 7) is 0. The topological polar surface area (TPSA) is 54.1 Å². The number of fused-ring (bicyclic) bond motifs is 2. The van der Waals surface area contributed by atoms with Crippen LogP contribution in [0.25, 0.3) is 10.9 Å². The van der Waals surface area contributed by atoms with E-state index >= 15 is 0 Å². The van der Waals surface area contributed by atoms with Gasteiger partial charge < -0.3 is 15.0 Å². The van der Waals surface area contributed by atoms with E-state index in [2.05, 4.69) is 22.4 Å². The number of aromatic amines is 1. The fraction of sp³-hybridized carbons (Fsp3) is 0.211. The first-order valence-corrected chi connectivity index (χ1v) is 7.83. The largest absolute Gasteiger partial charge is 0.497 e. The molecule has 0 saturated heterocycles. The van der Waals surface area contributed by atoms with Gasteiger partial charge in [0.1, 0.15) is 11.4 Å². The first kappa shape index (κ1) is 13.9. The van der Waals surface area contributed by atoms with Gasteiger partial charge in [-0.1, -0.05) is 6.07 Å². The van der Waals surface area contributed by atoms with Crippen LogP contribution < -0.4 is 10.1 Å².